The molecule has 86 valence electrons. The predicted molar refractivity (Wildman–Crippen MR) is 59.0 cm³/mol. The highest BCUT2D eigenvalue weighted by Crippen LogP contribution is 2.10. The Morgan fingerprint density at radius 2 is 1.94 bits per heavy atom. The topological polar surface area (TPSA) is 78.4 Å². The number of hydrogen-bond acceptors (Lipinski definition) is 2. The van der Waals surface area contributed by atoms with E-state index in [9.17, 15) is 9.59 Å². The van der Waals surface area contributed by atoms with Crippen LogP contribution >= 0.6 is 0 Å². The summed E-state index contributed by atoms with van der Waals surface area (Å²) in [6, 6.07) is 8.78. The number of urea groups is 1. The first-order valence-electron chi connectivity index (χ1n) is 4.90. The number of nitrogens with one attached hydrogen (secondary N) is 2. The van der Waals surface area contributed by atoms with Gasteiger partial charge in [0.05, 0.1) is 6.04 Å². The summed E-state index contributed by atoms with van der Waals surface area (Å²) in [6.45, 7) is 1.45. The van der Waals surface area contributed by atoms with E-state index in [0.717, 1.165) is 5.56 Å². The molecule has 5 nitrogen and oxygen atoms in total. The van der Waals surface area contributed by atoms with Crippen LogP contribution in [-0.2, 0) is 4.79 Å². The number of hydrogen-bond donors (Lipinski definition) is 3. The summed E-state index contributed by atoms with van der Waals surface area (Å²) in [5, 5.41) is 13.2. The average Bonchev–Trinajstić information content (AvgIpc) is 2.27. The third-order valence-electron chi connectivity index (χ3n) is 2.05. The van der Waals surface area contributed by atoms with Gasteiger partial charge in [-0.2, -0.15) is 0 Å². The fourth-order valence-corrected chi connectivity index (χ4v) is 1.23. The quantitative estimate of drug-likeness (QED) is 0.714. The Labute approximate surface area is 93.5 Å². The molecule has 0 fully saturated rings. The molecule has 0 aliphatic heterocycles. The number of carbonyl (C=O) groups is 2. The number of benzene rings is 1. The number of carbonyl (C=O) groups excluding carboxylic acids is 1. The molecule has 1 atom stereocenters. The van der Waals surface area contributed by atoms with E-state index in [1.165, 1.54) is 0 Å². The highest BCUT2D eigenvalue weighted by molar-refractivity contribution is 5.80. The second-order valence-corrected chi connectivity index (χ2v) is 3.35. The van der Waals surface area contributed by atoms with E-state index in [4.69, 9.17) is 5.11 Å². The standard InChI is InChI=1S/C11H14N2O3/c1-8(9-5-3-2-4-6-9)13-11(16)12-7-10(14)15/h2-6,8H,7H2,1H3,(H,14,15)(H2,12,13,16). The third kappa shape index (κ3) is 4.00. The van der Waals surface area contributed by atoms with Crippen LogP contribution in [0.5, 0.6) is 0 Å². The minimum absolute atomic E-state index is 0.157. The van der Waals surface area contributed by atoms with Crippen molar-refractivity contribution in [3.63, 3.8) is 0 Å². The number of carboxylic acid groups (broad SMARTS) is 1. The zero-order valence-electron chi connectivity index (χ0n) is 8.93. The summed E-state index contributed by atoms with van der Waals surface area (Å²) in [5.41, 5.74) is 0.966. The summed E-state index contributed by atoms with van der Waals surface area (Å²) >= 11 is 0. The fraction of sp³-hybridized carbons (Fsp3) is 0.273. The molecule has 0 bridgehead atoms. The van der Waals surface area contributed by atoms with Gasteiger partial charge >= 0.3 is 12.0 Å². The zero-order chi connectivity index (χ0) is 12.0. The zero-order valence-corrected chi connectivity index (χ0v) is 8.93. The van der Waals surface area contributed by atoms with Gasteiger partial charge in [0.25, 0.3) is 0 Å². The molecule has 1 unspecified atom stereocenters. The van der Waals surface area contributed by atoms with Crippen LogP contribution in [-0.4, -0.2) is 23.7 Å². The normalized spacial score (nSPS) is 11.6. The van der Waals surface area contributed by atoms with E-state index < -0.39 is 12.0 Å². The Bertz CT molecular complexity index is 365. The van der Waals surface area contributed by atoms with Gasteiger partial charge in [-0.15, -0.1) is 0 Å². The van der Waals surface area contributed by atoms with Crippen molar-refractivity contribution in [1.29, 1.82) is 0 Å². The molecule has 0 aliphatic carbocycles. The van der Waals surface area contributed by atoms with Crippen LogP contribution in [0, 0.1) is 0 Å². The first-order valence-corrected chi connectivity index (χ1v) is 4.90. The molecule has 0 radical (unpaired) electrons. The summed E-state index contributed by atoms with van der Waals surface area (Å²) in [7, 11) is 0. The van der Waals surface area contributed by atoms with Gasteiger partial charge in [-0.3, -0.25) is 4.79 Å². The Morgan fingerprint density at radius 1 is 1.31 bits per heavy atom. The molecule has 0 aliphatic rings. The van der Waals surface area contributed by atoms with Gasteiger partial charge in [0.1, 0.15) is 6.54 Å². The monoisotopic (exact) mass is 222 g/mol. The minimum atomic E-state index is -1.07. The van der Waals surface area contributed by atoms with Gasteiger partial charge in [0, 0.05) is 0 Å². The molecular weight excluding hydrogens is 208 g/mol. The van der Waals surface area contributed by atoms with Crippen molar-refractivity contribution in [2.24, 2.45) is 0 Å². The summed E-state index contributed by atoms with van der Waals surface area (Å²) < 4.78 is 0. The van der Waals surface area contributed by atoms with Crippen LogP contribution < -0.4 is 10.6 Å². The van der Waals surface area contributed by atoms with Crippen LogP contribution in [0.1, 0.15) is 18.5 Å². The largest absolute Gasteiger partial charge is 0.480 e. The van der Waals surface area contributed by atoms with Crippen LogP contribution in [0.15, 0.2) is 30.3 Å². The second-order valence-electron chi connectivity index (χ2n) is 3.35. The van der Waals surface area contributed by atoms with Crippen LogP contribution in [0.4, 0.5) is 4.79 Å². The maximum atomic E-state index is 11.2. The molecule has 1 aromatic rings. The molecule has 16 heavy (non-hydrogen) atoms. The third-order valence-corrected chi connectivity index (χ3v) is 2.05. The van der Waals surface area contributed by atoms with E-state index in [2.05, 4.69) is 10.6 Å². The van der Waals surface area contributed by atoms with Crippen molar-refractivity contribution < 1.29 is 14.7 Å². The van der Waals surface area contributed by atoms with Crippen molar-refractivity contribution in [3.05, 3.63) is 35.9 Å². The molecule has 1 rings (SSSR count). The first-order chi connectivity index (χ1) is 7.59. The molecule has 0 saturated heterocycles. The molecule has 0 aromatic heterocycles. The van der Waals surface area contributed by atoms with E-state index in [1.54, 1.807) is 0 Å². The van der Waals surface area contributed by atoms with Gasteiger partial charge < -0.3 is 15.7 Å². The fourth-order valence-electron chi connectivity index (χ4n) is 1.23. The van der Waals surface area contributed by atoms with Crippen molar-refractivity contribution in [1.82, 2.24) is 10.6 Å². The molecule has 0 saturated carbocycles. The van der Waals surface area contributed by atoms with Crippen LogP contribution in [0.3, 0.4) is 0 Å². The maximum Gasteiger partial charge on any atom is 0.323 e. The molecular formula is C11H14N2O3. The molecule has 3 N–H and O–H groups in total. The lowest BCUT2D eigenvalue weighted by Gasteiger charge is -2.14. The number of aliphatic carboxylic acids is 1. The molecule has 0 spiro atoms. The molecule has 2 amide bonds. The maximum absolute atomic E-state index is 11.2. The summed E-state index contributed by atoms with van der Waals surface area (Å²) in [6.07, 6.45) is 0. The SMILES string of the molecule is CC(NC(=O)NCC(=O)O)c1ccccc1. The Morgan fingerprint density at radius 3 is 2.50 bits per heavy atom. The first kappa shape index (κ1) is 12.0. The predicted octanol–water partition coefficient (Wildman–Crippen LogP) is 1.13. The number of carboxylic acids is 1. The highest BCUT2D eigenvalue weighted by atomic mass is 16.4. The summed E-state index contributed by atoms with van der Waals surface area (Å²) in [4.78, 5) is 21.5. The smallest absolute Gasteiger partial charge is 0.323 e. The second kappa shape index (κ2) is 5.75. The van der Waals surface area contributed by atoms with Gasteiger partial charge in [-0.25, -0.2) is 4.79 Å². The lowest BCUT2D eigenvalue weighted by atomic mass is 10.1. The van der Waals surface area contributed by atoms with Crippen LogP contribution in [0.25, 0.3) is 0 Å². The lowest BCUT2D eigenvalue weighted by Crippen LogP contribution is -2.39. The Hall–Kier alpha value is -2.04. The molecule has 5 heteroatoms. The molecule has 0 heterocycles. The van der Waals surface area contributed by atoms with E-state index in [0.29, 0.717) is 0 Å². The van der Waals surface area contributed by atoms with Crippen molar-refractivity contribution in [3.8, 4) is 0 Å². The Balaban J connectivity index is 2.43. The minimum Gasteiger partial charge on any atom is -0.480 e. The number of amides is 2. The lowest BCUT2D eigenvalue weighted by molar-refractivity contribution is -0.135. The summed E-state index contributed by atoms with van der Waals surface area (Å²) in [5.74, 6) is -1.07. The average molecular weight is 222 g/mol. The van der Waals surface area contributed by atoms with E-state index in [1.807, 2.05) is 37.3 Å². The van der Waals surface area contributed by atoms with E-state index in [-0.39, 0.29) is 12.6 Å². The van der Waals surface area contributed by atoms with Gasteiger partial charge in [0.15, 0.2) is 0 Å². The van der Waals surface area contributed by atoms with Crippen molar-refractivity contribution >= 4 is 12.0 Å². The van der Waals surface area contributed by atoms with Crippen LogP contribution in [0.2, 0.25) is 0 Å². The van der Waals surface area contributed by atoms with Gasteiger partial charge in [-0.1, -0.05) is 30.3 Å². The Kier molecular flexibility index (Phi) is 4.32. The van der Waals surface area contributed by atoms with Gasteiger partial charge in [0.2, 0.25) is 0 Å². The van der Waals surface area contributed by atoms with Crippen molar-refractivity contribution in [2.75, 3.05) is 6.54 Å². The number of rotatable bonds is 4. The van der Waals surface area contributed by atoms with E-state index >= 15 is 0 Å². The highest BCUT2D eigenvalue weighted by Gasteiger charge is 2.09. The van der Waals surface area contributed by atoms with Crippen molar-refractivity contribution in [2.45, 2.75) is 13.0 Å². The molecule has 1 aromatic carbocycles. The van der Waals surface area contributed by atoms with Gasteiger partial charge in [-0.05, 0) is 12.5 Å².